The van der Waals surface area contributed by atoms with E-state index in [0.29, 0.717) is 0 Å². The molecule has 0 aliphatic carbocycles. The zero-order chi connectivity index (χ0) is 63.8. The molecule has 0 saturated heterocycles. The van der Waals surface area contributed by atoms with Crippen LogP contribution < -0.4 is 68.8 Å². The highest BCUT2D eigenvalue weighted by molar-refractivity contribution is 6.31. The largest absolute Gasteiger partial charge is 0.631 e. The van der Waals surface area contributed by atoms with Crippen LogP contribution in [-0.4, -0.2) is 168 Å². The SMILES string of the molecule is CCCCN.CCCCN.CCCCN.CCCCN.CCCCN.CCCCN.CCCCN.CCCCN.CCCCN.CCCCN.CCCCN.CCCCN.OB(O)O.OB(O)O.OB(O)O.OB(O)O. The highest BCUT2D eigenvalue weighted by atomic mass is 16.5. The number of rotatable bonds is 24. The third-order valence-electron chi connectivity index (χ3n) is 6.69. The molecule has 480 valence electrons. The minimum atomic E-state index is -2.17. The van der Waals surface area contributed by atoms with Crippen molar-refractivity contribution in [3.63, 3.8) is 0 Å². The molecule has 0 aliphatic heterocycles. The molecular formula is C48H144B4N12O12. The van der Waals surface area contributed by atoms with Gasteiger partial charge in [0, 0.05) is 0 Å². The molecule has 0 spiro atoms. The van der Waals surface area contributed by atoms with E-state index in [0.717, 1.165) is 78.5 Å². The molecule has 0 heterocycles. The van der Waals surface area contributed by atoms with Gasteiger partial charge < -0.3 is 129 Å². The van der Waals surface area contributed by atoms with Gasteiger partial charge in [-0.1, -0.05) is 160 Å². The summed E-state index contributed by atoms with van der Waals surface area (Å²) in [6.07, 6.45) is 28.6. The number of hydrogen-bond acceptors (Lipinski definition) is 24. The van der Waals surface area contributed by atoms with Gasteiger partial charge in [0.1, 0.15) is 0 Å². The lowest BCUT2D eigenvalue weighted by atomic mass is 10.3. The van der Waals surface area contributed by atoms with E-state index >= 15 is 0 Å². The Hall–Kier alpha value is -0.700. The van der Waals surface area contributed by atoms with Crippen molar-refractivity contribution < 1.29 is 60.3 Å². The summed E-state index contributed by atoms with van der Waals surface area (Å²) in [5.74, 6) is 0. The van der Waals surface area contributed by atoms with Crippen molar-refractivity contribution in [1.29, 1.82) is 0 Å². The van der Waals surface area contributed by atoms with Crippen LogP contribution in [0, 0.1) is 0 Å². The fourth-order valence-corrected chi connectivity index (χ4v) is 2.45. The highest BCUT2D eigenvalue weighted by Crippen LogP contribution is 1.81. The van der Waals surface area contributed by atoms with Gasteiger partial charge in [-0.25, -0.2) is 0 Å². The smallest absolute Gasteiger partial charge is 0.402 e. The Morgan fingerprint density at radius 2 is 0.197 bits per heavy atom. The zero-order valence-corrected chi connectivity index (χ0v) is 52.1. The second-order valence-corrected chi connectivity index (χ2v) is 15.1. The van der Waals surface area contributed by atoms with Crippen LogP contribution in [0.25, 0.3) is 0 Å². The molecule has 0 aromatic rings. The minimum Gasteiger partial charge on any atom is -0.402 e. The van der Waals surface area contributed by atoms with E-state index in [4.69, 9.17) is 129 Å². The maximum atomic E-state index is 7.17. The minimum absolute atomic E-state index is 0.844. The second kappa shape index (κ2) is 178. The van der Waals surface area contributed by atoms with E-state index in [1.54, 1.807) is 0 Å². The first-order valence-corrected chi connectivity index (χ1v) is 28.5. The van der Waals surface area contributed by atoms with Crippen LogP contribution in [0.4, 0.5) is 0 Å². The van der Waals surface area contributed by atoms with E-state index in [2.05, 4.69) is 83.1 Å². The summed E-state index contributed by atoms with van der Waals surface area (Å²) in [5.41, 5.74) is 61.7. The Morgan fingerprint density at radius 3 is 0.197 bits per heavy atom. The summed E-state index contributed by atoms with van der Waals surface area (Å²) in [4.78, 5) is 0. The molecule has 0 aromatic heterocycles. The van der Waals surface area contributed by atoms with Crippen molar-refractivity contribution in [1.82, 2.24) is 0 Å². The predicted octanol–water partition coefficient (Wildman–Crippen LogP) is 0.735. The van der Waals surface area contributed by atoms with Crippen molar-refractivity contribution in [3.05, 3.63) is 0 Å². The topological polar surface area (TPSA) is 555 Å². The molecule has 0 bridgehead atoms. The summed E-state index contributed by atoms with van der Waals surface area (Å²) in [7, 11) is -8.67. The molecule has 0 radical (unpaired) electrons. The molecule has 0 atom stereocenters. The molecule has 0 fully saturated rings. The van der Waals surface area contributed by atoms with E-state index in [1.165, 1.54) is 154 Å². The lowest BCUT2D eigenvalue weighted by molar-refractivity contribution is 0.276. The Labute approximate surface area is 472 Å². The fraction of sp³-hybridized carbons (Fsp3) is 1.00. The van der Waals surface area contributed by atoms with E-state index in [1.807, 2.05) is 0 Å². The first kappa shape index (κ1) is 118. The number of nitrogens with two attached hydrogens (primary N) is 12. The Bertz CT molecular complexity index is 453. The summed E-state index contributed by atoms with van der Waals surface area (Å²) < 4.78 is 0. The molecule has 0 rings (SSSR count). The van der Waals surface area contributed by atoms with Gasteiger partial charge in [-0.15, -0.1) is 0 Å². The van der Waals surface area contributed by atoms with Gasteiger partial charge in [0.05, 0.1) is 0 Å². The van der Waals surface area contributed by atoms with Crippen molar-refractivity contribution >= 4 is 29.3 Å². The quantitative estimate of drug-likeness (QED) is 0.0593. The average molecular weight is 1120 g/mol. The van der Waals surface area contributed by atoms with E-state index < -0.39 is 29.3 Å². The third-order valence-corrected chi connectivity index (χ3v) is 6.69. The molecule has 0 aliphatic rings. The lowest BCUT2D eigenvalue weighted by Crippen LogP contribution is -2.07. The van der Waals surface area contributed by atoms with Crippen LogP contribution in [0.1, 0.15) is 237 Å². The monoisotopic (exact) mass is 1130 g/mol. The van der Waals surface area contributed by atoms with Crippen LogP contribution in [0.15, 0.2) is 0 Å². The maximum absolute atomic E-state index is 7.17. The van der Waals surface area contributed by atoms with Gasteiger partial charge in [0.15, 0.2) is 0 Å². The fourth-order valence-electron chi connectivity index (χ4n) is 2.45. The molecule has 24 nitrogen and oxygen atoms in total. The van der Waals surface area contributed by atoms with Crippen molar-refractivity contribution in [2.75, 3.05) is 78.5 Å². The van der Waals surface area contributed by atoms with Crippen LogP contribution >= 0.6 is 0 Å². The lowest BCUT2D eigenvalue weighted by Gasteiger charge is -1.80. The number of hydrogen-bond donors (Lipinski definition) is 24. The van der Waals surface area contributed by atoms with Gasteiger partial charge >= 0.3 is 29.3 Å². The van der Waals surface area contributed by atoms with Crippen molar-refractivity contribution in [2.24, 2.45) is 68.8 Å². The zero-order valence-electron chi connectivity index (χ0n) is 52.1. The normalized spacial score (nSPS) is 8.05. The van der Waals surface area contributed by atoms with Crippen LogP contribution in [-0.2, 0) is 0 Å². The Kier molecular flexibility index (Phi) is 278. The van der Waals surface area contributed by atoms with Gasteiger partial charge in [0.25, 0.3) is 0 Å². The molecular weight excluding hydrogens is 980 g/mol. The Balaban J connectivity index is -0.0000000361. The van der Waals surface area contributed by atoms with Crippen LogP contribution in [0.2, 0.25) is 0 Å². The van der Waals surface area contributed by atoms with Gasteiger partial charge in [-0.05, 0) is 156 Å². The average Bonchev–Trinajstić information content (AvgIpc) is 3.34. The van der Waals surface area contributed by atoms with Gasteiger partial charge in [-0.2, -0.15) is 0 Å². The molecule has 0 saturated carbocycles. The predicted molar refractivity (Wildman–Crippen MR) is 337 cm³/mol. The molecule has 0 aromatic carbocycles. The Morgan fingerprint density at radius 1 is 0.158 bits per heavy atom. The first-order chi connectivity index (χ1) is 35.9. The van der Waals surface area contributed by atoms with Crippen molar-refractivity contribution in [3.8, 4) is 0 Å². The molecule has 36 N–H and O–H groups in total. The molecule has 28 heteroatoms. The van der Waals surface area contributed by atoms with E-state index in [-0.39, 0.29) is 0 Å². The standard InChI is InChI=1S/12C4H11N.4BH3O3/c12*1-2-3-4-5;4*2-1(3)4/h12*2-5H2,1H3;4*2-4H. The highest BCUT2D eigenvalue weighted by Gasteiger charge is 1.94. The molecule has 0 unspecified atom stereocenters. The molecule has 0 amide bonds. The van der Waals surface area contributed by atoms with Crippen molar-refractivity contribution in [2.45, 2.75) is 237 Å². The van der Waals surface area contributed by atoms with Gasteiger partial charge in [-0.3, -0.25) is 0 Å². The van der Waals surface area contributed by atoms with Crippen LogP contribution in [0.3, 0.4) is 0 Å². The summed E-state index contributed by atoms with van der Waals surface area (Å²) >= 11 is 0. The first-order valence-electron chi connectivity index (χ1n) is 28.5. The summed E-state index contributed by atoms with van der Waals surface area (Å²) in [6, 6.07) is 0. The van der Waals surface area contributed by atoms with E-state index in [9.17, 15) is 0 Å². The van der Waals surface area contributed by atoms with Crippen LogP contribution in [0.5, 0.6) is 0 Å². The molecule has 76 heavy (non-hydrogen) atoms. The third kappa shape index (κ3) is 706. The summed E-state index contributed by atoms with van der Waals surface area (Å²) in [6.45, 7) is 35.7. The van der Waals surface area contributed by atoms with Gasteiger partial charge in [0.2, 0.25) is 0 Å². The maximum Gasteiger partial charge on any atom is 0.631 e. The summed E-state index contributed by atoms with van der Waals surface area (Å²) in [5, 5.41) is 86.0. The number of unbranched alkanes of at least 4 members (excludes halogenated alkanes) is 12. The second-order valence-electron chi connectivity index (χ2n) is 15.1.